The van der Waals surface area contributed by atoms with Crippen molar-refractivity contribution in [3.63, 3.8) is 0 Å². The van der Waals surface area contributed by atoms with Gasteiger partial charge in [0.1, 0.15) is 11.5 Å². The number of ether oxygens (including phenoxy) is 2. The van der Waals surface area contributed by atoms with Crippen molar-refractivity contribution in [2.75, 3.05) is 13.7 Å². The summed E-state index contributed by atoms with van der Waals surface area (Å²) < 4.78 is 10.4. The lowest BCUT2D eigenvalue weighted by Crippen LogP contribution is -2.33. The molecule has 1 aliphatic heterocycles. The van der Waals surface area contributed by atoms with Gasteiger partial charge in [0.15, 0.2) is 0 Å². The monoisotopic (exact) mass is 311 g/mol. The van der Waals surface area contributed by atoms with Crippen molar-refractivity contribution >= 4 is 11.9 Å². The molecule has 0 saturated heterocycles. The molecule has 0 bridgehead atoms. The van der Waals surface area contributed by atoms with Crippen LogP contribution in [0.2, 0.25) is 0 Å². The lowest BCUT2D eigenvalue weighted by Gasteiger charge is -2.27. The minimum atomic E-state index is -0.450. The predicted molar refractivity (Wildman–Crippen MR) is 84.4 cm³/mol. The molecule has 5 heteroatoms. The van der Waals surface area contributed by atoms with Gasteiger partial charge in [-0.3, -0.25) is 9.59 Å². The molecule has 23 heavy (non-hydrogen) atoms. The third-order valence-electron chi connectivity index (χ3n) is 3.80. The maximum atomic E-state index is 12.7. The molecule has 5 nitrogen and oxygen atoms in total. The van der Waals surface area contributed by atoms with Gasteiger partial charge in [-0.2, -0.15) is 0 Å². The largest absolute Gasteiger partial charge is 0.469 e. The first-order chi connectivity index (χ1) is 11.2. The van der Waals surface area contributed by atoms with E-state index in [0.29, 0.717) is 11.5 Å². The number of carbonyl (C=O) groups excluding carboxylic acids is 2. The third-order valence-corrected chi connectivity index (χ3v) is 3.80. The number of benzene rings is 2. The van der Waals surface area contributed by atoms with E-state index in [4.69, 9.17) is 4.74 Å². The van der Waals surface area contributed by atoms with Crippen LogP contribution in [0.5, 0.6) is 11.5 Å². The number of fused-ring (bicyclic) bond motifs is 2. The van der Waals surface area contributed by atoms with Crippen molar-refractivity contribution in [2.24, 2.45) is 0 Å². The molecule has 0 aliphatic carbocycles. The van der Waals surface area contributed by atoms with E-state index in [-0.39, 0.29) is 24.8 Å². The average Bonchev–Trinajstić information content (AvgIpc) is 2.59. The Balaban J connectivity index is 1.86. The Hall–Kier alpha value is -2.82. The Kier molecular flexibility index (Phi) is 4.28. The van der Waals surface area contributed by atoms with Gasteiger partial charge >= 0.3 is 5.97 Å². The van der Waals surface area contributed by atoms with Crippen LogP contribution in [0.3, 0.4) is 0 Å². The molecule has 1 N–H and O–H groups in total. The Morgan fingerprint density at radius 2 is 1.61 bits per heavy atom. The van der Waals surface area contributed by atoms with E-state index in [9.17, 15) is 9.59 Å². The van der Waals surface area contributed by atoms with Crippen LogP contribution in [0, 0.1) is 0 Å². The van der Waals surface area contributed by atoms with E-state index in [1.54, 1.807) is 0 Å². The minimum absolute atomic E-state index is 0.148. The highest BCUT2D eigenvalue weighted by atomic mass is 16.5. The average molecular weight is 311 g/mol. The summed E-state index contributed by atoms with van der Waals surface area (Å²) in [4.78, 5) is 23.8. The van der Waals surface area contributed by atoms with Gasteiger partial charge in [-0.15, -0.1) is 0 Å². The zero-order chi connectivity index (χ0) is 16.2. The molecule has 0 saturated carbocycles. The van der Waals surface area contributed by atoms with E-state index in [0.717, 1.165) is 11.1 Å². The molecule has 0 aromatic heterocycles. The van der Waals surface area contributed by atoms with Crippen molar-refractivity contribution in [3.8, 4) is 11.5 Å². The van der Waals surface area contributed by atoms with Crippen LogP contribution in [0.1, 0.15) is 23.5 Å². The van der Waals surface area contributed by atoms with Crippen LogP contribution < -0.4 is 10.1 Å². The number of amides is 1. The fourth-order valence-corrected chi connectivity index (χ4v) is 2.68. The van der Waals surface area contributed by atoms with Gasteiger partial charge in [0.2, 0.25) is 5.91 Å². The number of carbonyl (C=O) groups is 2. The van der Waals surface area contributed by atoms with Crippen molar-refractivity contribution in [1.82, 2.24) is 5.32 Å². The van der Waals surface area contributed by atoms with Crippen LogP contribution in [0.4, 0.5) is 0 Å². The van der Waals surface area contributed by atoms with Gasteiger partial charge < -0.3 is 14.8 Å². The second-order valence-electron chi connectivity index (χ2n) is 5.23. The van der Waals surface area contributed by atoms with Crippen LogP contribution >= 0.6 is 0 Å². The Bertz CT molecular complexity index is 696. The van der Waals surface area contributed by atoms with Gasteiger partial charge in [0.25, 0.3) is 0 Å². The molecule has 1 aliphatic rings. The van der Waals surface area contributed by atoms with Crippen LogP contribution in [-0.4, -0.2) is 25.5 Å². The quantitative estimate of drug-likeness (QED) is 0.882. The molecule has 0 unspecified atom stereocenters. The Morgan fingerprint density at radius 1 is 1.04 bits per heavy atom. The van der Waals surface area contributed by atoms with Gasteiger partial charge in [-0.25, -0.2) is 0 Å². The summed E-state index contributed by atoms with van der Waals surface area (Å²) >= 11 is 0. The number of hydrogen-bond acceptors (Lipinski definition) is 4. The van der Waals surface area contributed by atoms with Gasteiger partial charge in [-0.05, 0) is 12.1 Å². The number of nitrogens with one attached hydrogen (secondary N) is 1. The van der Waals surface area contributed by atoms with E-state index in [2.05, 4.69) is 10.1 Å². The summed E-state index contributed by atoms with van der Waals surface area (Å²) in [5.74, 6) is 0.405. The summed E-state index contributed by atoms with van der Waals surface area (Å²) in [5.41, 5.74) is 1.64. The maximum Gasteiger partial charge on any atom is 0.307 e. The molecule has 0 fully saturated rings. The molecule has 1 heterocycles. The maximum absolute atomic E-state index is 12.7. The summed E-state index contributed by atoms with van der Waals surface area (Å²) in [6.45, 7) is 0.243. The van der Waals surface area contributed by atoms with Crippen molar-refractivity contribution in [3.05, 3.63) is 59.7 Å². The van der Waals surface area contributed by atoms with E-state index >= 15 is 0 Å². The predicted octanol–water partition coefficient (Wildman–Crippen LogP) is 2.60. The first-order valence-electron chi connectivity index (χ1n) is 7.41. The first kappa shape index (κ1) is 15.1. The van der Waals surface area contributed by atoms with Gasteiger partial charge in [-0.1, -0.05) is 36.4 Å². The van der Waals surface area contributed by atoms with Crippen molar-refractivity contribution < 1.29 is 19.1 Å². The molecular weight excluding hydrogens is 294 g/mol. The minimum Gasteiger partial charge on any atom is -0.469 e. The Labute approximate surface area is 134 Å². The second kappa shape index (κ2) is 6.52. The topological polar surface area (TPSA) is 64.6 Å². The molecule has 2 aromatic carbocycles. The third kappa shape index (κ3) is 3.04. The summed E-state index contributed by atoms with van der Waals surface area (Å²) in [7, 11) is 1.33. The van der Waals surface area contributed by atoms with E-state index < -0.39 is 5.92 Å². The highest BCUT2D eigenvalue weighted by molar-refractivity contribution is 5.89. The molecule has 118 valence electrons. The number of hydrogen-bond donors (Lipinski definition) is 1. The fraction of sp³-hybridized carbons (Fsp3) is 0.222. The van der Waals surface area contributed by atoms with Crippen molar-refractivity contribution in [2.45, 2.75) is 12.3 Å². The molecule has 0 atom stereocenters. The van der Waals surface area contributed by atoms with Gasteiger partial charge in [0, 0.05) is 17.7 Å². The number of rotatable bonds is 4. The number of methoxy groups -OCH3 is 1. The van der Waals surface area contributed by atoms with Crippen LogP contribution in [-0.2, 0) is 14.3 Å². The fourth-order valence-electron chi connectivity index (χ4n) is 2.68. The highest BCUT2D eigenvalue weighted by Gasteiger charge is 2.32. The molecule has 1 amide bonds. The first-order valence-corrected chi connectivity index (χ1v) is 7.41. The smallest absolute Gasteiger partial charge is 0.307 e. The van der Waals surface area contributed by atoms with E-state index in [1.165, 1.54) is 7.11 Å². The van der Waals surface area contributed by atoms with Crippen LogP contribution in [0.25, 0.3) is 0 Å². The molecular formula is C18H17NO4. The molecule has 3 rings (SSSR count). The Morgan fingerprint density at radius 3 is 2.17 bits per heavy atom. The lowest BCUT2D eigenvalue weighted by molar-refractivity contribution is -0.140. The lowest BCUT2D eigenvalue weighted by atomic mass is 9.87. The van der Waals surface area contributed by atoms with Gasteiger partial charge in [0.05, 0.1) is 19.4 Å². The zero-order valence-corrected chi connectivity index (χ0v) is 12.7. The normalized spacial score (nSPS) is 12.6. The zero-order valence-electron chi connectivity index (χ0n) is 12.7. The standard InChI is InChI=1S/C18H17NO4/c1-22-16(20)10-11-19-18(21)17-12-6-2-4-8-14(12)23-15-9-5-3-7-13(15)17/h2-9,17H,10-11H2,1H3,(H,19,21). The summed E-state index contributed by atoms with van der Waals surface area (Å²) in [5, 5.41) is 2.80. The van der Waals surface area contributed by atoms with Crippen LogP contribution in [0.15, 0.2) is 48.5 Å². The second-order valence-corrected chi connectivity index (χ2v) is 5.23. The summed E-state index contributed by atoms with van der Waals surface area (Å²) in [6.07, 6.45) is 0.148. The molecule has 2 aromatic rings. The number of esters is 1. The molecule has 0 radical (unpaired) electrons. The summed E-state index contributed by atoms with van der Waals surface area (Å²) in [6, 6.07) is 15.0. The SMILES string of the molecule is COC(=O)CCNC(=O)C1c2ccccc2Oc2ccccc21. The highest BCUT2D eigenvalue weighted by Crippen LogP contribution is 2.43. The number of para-hydroxylation sites is 2. The van der Waals surface area contributed by atoms with E-state index in [1.807, 2.05) is 48.5 Å². The van der Waals surface area contributed by atoms with Crippen molar-refractivity contribution in [1.29, 1.82) is 0 Å². The molecule has 0 spiro atoms.